The Morgan fingerprint density at radius 1 is 0.722 bits per heavy atom. The van der Waals surface area contributed by atoms with Gasteiger partial charge >= 0.3 is 50.0 Å². The first-order valence-electron chi connectivity index (χ1n) is 5.52. The number of hydrogen-bond acceptors (Lipinski definition) is 0. The maximum atomic E-state index is 2.40. The standard InChI is InChI=1S/C15H11.2HI.Ti/c1-2-6-12(7-3-1)15-10-13-8-4-5-9-14(13)11-15;;;/h1-11H;2*1H;/q;;;+2/p-2. The van der Waals surface area contributed by atoms with Gasteiger partial charge in [-0.05, 0) is 22.3 Å². The van der Waals surface area contributed by atoms with Crippen molar-refractivity contribution in [2.75, 3.05) is 0 Å². The van der Waals surface area contributed by atoms with Crippen molar-refractivity contribution in [1.29, 1.82) is 0 Å². The SMILES string of the molecule is [CH]1C(c2ccccc2)=Cc2ccccc21.[I][Ti][I]. The van der Waals surface area contributed by atoms with Crippen molar-refractivity contribution in [3.63, 3.8) is 0 Å². The van der Waals surface area contributed by atoms with Crippen molar-refractivity contribution < 1.29 is 11.7 Å². The van der Waals surface area contributed by atoms with Crippen LogP contribution in [0, 0.1) is 6.42 Å². The van der Waals surface area contributed by atoms with E-state index in [0.29, 0.717) is 11.7 Å². The van der Waals surface area contributed by atoms with Crippen molar-refractivity contribution in [2.24, 2.45) is 0 Å². The van der Waals surface area contributed by atoms with Crippen molar-refractivity contribution in [3.05, 3.63) is 77.7 Å². The Morgan fingerprint density at radius 3 is 1.89 bits per heavy atom. The molecule has 0 saturated heterocycles. The van der Waals surface area contributed by atoms with Crippen molar-refractivity contribution in [3.8, 4) is 0 Å². The zero-order valence-corrected chi connectivity index (χ0v) is 15.5. The molecule has 3 heteroatoms. The van der Waals surface area contributed by atoms with Crippen LogP contribution in [-0.4, -0.2) is 0 Å². The molecule has 1 aliphatic rings. The zero-order chi connectivity index (χ0) is 12.8. The van der Waals surface area contributed by atoms with Gasteiger partial charge in [0.15, 0.2) is 0 Å². The minimum atomic E-state index is 0.440. The average molecular weight is 493 g/mol. The molecule has 0 aromatic heterocycles. The summed E-state index contributed by atoms with van der Waals surface area (Å²) in [5, 5.41) is 0. The second-order valence-corrected chi connectivity index (χ2v) is 17.0. The molecule has 1 aliphatic carbocycles. The Bertz CT molecular complexity index is 535. The van der Waals surface area contributed by atoms with Gasteiger partial charge in [-0.2, -0.15) is 0 Å². The van der Waals surface area contributed by atoms with Crippen molar-refractivity contribution in [2.45, 2.75) is 0 Å². The summed E-state index contributed by atoms with van der Waals surface area (Å²) in [4.78, 5) is 0. The summed E-state index contributed by atoms with van der Waals surface area (Å²) >= 11 is 5.24. The van der Waals surface area contributed by atoms with Crippen LogP contribution < -0.4 is 0 Å². The molecule has 2 aromatic carbocycles. The normalized spacial score (nSPS) is 12.0. The average Bonchev–Trinajstić information content (AvgIpc) is 2.84. The van der Waals surface area contributed by atoms with E-state index < -0.39 is 0 Å². The van der Waals surface area contributed by atoms with Crippen LogP contribution in [0.4, 0.5) is 0 Å². The van der Waals surface area contributed by atoms with Crippen LogP contribution in [0.5, 0.6) is 0 Å². The van der Waals surface area contributed by atoms with Crippen LogP contribution in [0.25, 0.3) is 11.6 Å². The second kappa shape index (κ2) is 7.83. The Morgan fingerprint density at radius 2 is 1.28 bits per heavy atom. The first kappa shape index (κ1) is 14.8. The molecule has 0 saturated carbocycles. The topological polar surface area (TPSA) is 0 Å². The number of rotatable bonds is 1. The molecule has 0 atom stereocenters. The summed E-state index contributed by atoms with van der Waals surface area (Å²) in [5.74, 6) is 0. The Labute approximate surface area is 138 Å². The van der Waals surface area contributed by atoms with Gasteiger partial charge in [-0.25, -0.2) is 0 Å². The van der Waals surface area contributed by atoms with Gasteiger partial charge in [-0.1, -0.05) is 60.7 Å². The number of benzene rings is 2. The fourth-order valence-corrected chi connectivity index (χ4v) is 1.95. The summed E-state index contributed by atoms with van der Waals surface area (Å²) in [5.41, 5.74) is 5.22. The Hall–Kier alpha value is 0.354. The van der Waals surface area contributed by atoms with Crippen LogP contribution in [0.15, 0.2) is 54.6 Å². The summed E-state index contributed by atoms with van der Waals surface area (Å²) in [6.07, 6.45) is 4.48. The molecule has 0 unspecified atom stereocenters. The van der Waals surface area contributed by atoms with Gasteiger partial charge in [0.1, 0.15) is 0 Å². The molecule has 0 fully saturated rings. The van der Waals surface area contributed by atoms with E-state index in [1.54, 1.807) is 0 Å². The van der Waals surface area contributed by atoms with Gasteiger partial charge in [-0.15, -0.1) is 0 Å². The third-order valence-corrected chi connectivity index (χ3v) is 2.73. The van der Waals surface area contributed by atoms with Gasteiger partial charge in [-0.3, -0.25) is 0 Å². The molecule has 18 heavy (non-hydrogen) atoms. The van der Waals surface area contributed by atoms with Gasteiger partial charge in [0.2, 0.25) is 0 Å². The minimum absolute atomic E-state index is 0.440. The Balaban J connectivity index is 0.000000367. The van der Waals surface area contributed by atoms with Crippen LogP contribution >= 0.6 is 38.4 Å². The number of hydrogen-bond donors (Lipinski definition) is 0. The van der Waals surface area contributed by atoms with E-state index in [1.165, 1.54) is 22.3 Å². The van der Waals surface area contributed by atoms with Gasteiger partial charge in [0, 0.05) is 6.42 Å². The fourth-order valence-electron chi connectivity index (χ4n) is 1.95. The third kappa shape index (κ3) is 3.92. The summed E-state index contributed by atoms with van der Waals surface area (Å²) in [7, 11) is 0. The molecule has 0 aliphatic heterocycles. The summed E-state index contributed by atoms with van der Waals surface area (Å²) in [6, 6.07) is 19.0. The monoisotopic (exact) mass is 493 g/mol. The molecule has 0 spiro atoms. The van der Waals surface area contributed by atoms with Crippen molar-refractivity contribution in [1.82, 2.24) is 0 Å². The molecule has 0 bridgehead atoms. The van der Waals surface area contributed by atoms with E-state index in [9.17, 15) is 0 Å². The molecule has 0 N–H and O–H groups in total. The Kier molecular flexibility index (Phi) is 6.42. The number of halogens is 2. The van der Waals surface area contributed by atoms with E-state index in [-0.39, 0.29) is 0 Å². The van der Waals surface area contributed by atoms with E-state index in [0.717, 1.165) is 0 Å². The molecule has 0 heterocycles. The summed E-state index contributed by atoms with van der Waals surface area (Å²) in [6.45, 7) is 0. The zero-order valence-electron chi connectivity index (χ0n) is 9.61. The van der Waals surface area contributed by atoms with Crippen LogP contribution in [0.1, 0.15) is 16.7 Å². The molecule has 3 rings (SSSR count). The third-order valence-electron chi connectivity index (χ3n) is 2.73. The van der Waals surface area contributed by atoms with E-state index in [4.69, 9.17) is 0 Å². The van der Waals surface area contributed by atoms with Crippen LogP contribution in [-0.2, 0) is 11.7 Å². The van der Waals surface area contributed by atoms with Gasteiger partial charge in [0.05, 0.1) is 0 Å². The van der Waals surface area contributed by atoms with Gasteiger partial charge < -0.3 is 0 Å². The fraction of sp³-hybridized carbons (Fsp3) is 0. The molecule has 89 valence electrons. The number of fused-ring (bicyclic) bond motifs is 1. The van der Waals surface area contributed by atoms with Crippen LogP contribution in [0.2, 0.25) is 0 Å². The first-order valence-corrected chi connectivity index (χ1v) is 15.6. The predicted molar refractivity (Wildman–Crippen MR) is 92.2 cm³/mol. The molecule has 1 radical (unpaired) electrons. The van der Waals surface area contributed by atoms with Gasteiger partial charge in [0.25, 0.3) is 0 Å². The van der Waals surface area contributed by atoms with E-state index >= 15 is 0 Å². The quantitative estimate of drug-likeness (QED) is 0.361. The van der Waals surface area contributed by atoms with Crippen molar-refractivity contribution >= 4 is 50.0 Å². The molecule has 0 amide bonds. The maximum absolute atomic E-state index is 2.40. The molecular weight excluding hydrogens is 482 g/mol. The first-order chi connectivity index (χ1) is 8.85. The molecule has 2 aromatic rings. The second-order valence-electron chi connectivity index (χ2n) is 3.81. The van der Waals surface area contributed by atoms with E-state index in [1.807, 2.05) is 6.07 Å². The predicted octanol–water partition coefficient (Wildman–Crippen LogP) is 5.56. The number of allylic oxidation sites excluding steroid dienone is 1. The van der Waals surface area contributed by atoms with E-state index in [2.05, 4.69) is 99.4 Å². The molecular formula is C15H11I2Ti. The molecule has 0 nitrogen and oxygen atoms in total. The van der Waals surface area contributed by atoms with Crippen LogP contribution in [0.3, 0.4) is 0 Å². The summed E-state index contributed by atoms with van der Waals surface area (Å²) < 4.78 is 0.